The Bertz CT molecular complexity index is 603. The summed E-state index contributed by atoms with van der Waals surface area (Å²) in [6.45, 7) is 2.59. The van der Waals surface area contributed by atoms with Crippen LogP contribution < -0.4 is 4.90 Å². The summed E-state index contributed by atoms with van der Waals surface area (Å²) in [6.07, 6.45) is 0. The van der Waals surface area contributed by atoms with Crippen molar-refractivity contribution in [1.29, 1.82) is 0 Å². The van der Waals surface area contributed by atoms with Crippen molar-refractivity contribution < 1.29 is 9.90 Å². The Labute approximate surface area is 124 Å². The van der Waals surface area contributed by atoms with Crippen molar-refractivity contribution in [2.24, 2.45) is 0 Å². The number of carbonyl (C=O) groups is 1. The lowest BCUT2D eigenvalue weighted by Crippen LogP contribution is -2.17. The third-order valence-electron chi connectivity index (χ3n) is 2.39. The van der Waals surface area contributed by atoms with Crippen LogP contribution in [0.15, 0.2) is 22.5 Å². The van der Waals surface area contributed by atoms with Crippen LogP contribution in [0.1, 0.15) is 11.4 Å². The molecule has 2 aromatic rings. The molecule has 0 radical (unpaired) electrons. The third-order valence-corrected chi connectivity index (χ3v) is 4.54. The first-order valence-electron chi connectivity index (χ1n) is 5.86. The van der Waals surface area contributed by atoms with Gasteiger partial charge in [0, 0.05) is 12.7 Å². The van der Waals surface area contributed by atoms with Crippen molar-refractivity contribution >= 4 is 34.2 Å². The second-order valence-corrected chi connectivity index (χ2v) is 6.34. The van der Waals surface area contributed by atoms with Crippen LogP contribution in [0.4, 0.5) is 5.13 Å². The summed E-state index contributed by atoms with van der Waals surface area (Å²) in [5.74, 6) is -0.860. The maximum atomic E-state index is 10.5. The van der Waals surface area contributed by atoms with E-state index in [0.717, 1.165) is 16.5 Å². The van der Waals surface area contributed by atoms with Crippen molar-refractivity contribution in [3.63, 3.8) is 0 Å². The molecule has 0 saturated carbocycles. The number of nitrogens with zero attached hydrogens (tertiary/aromatic N) is 4. The van der Waals surface area contributed by atoms with Crippen LogP contribution in [0, 0.1) is 6.92 Å². The standard InChI is InChI=1S/C12H14N4O2S2/c1-8-4-3-5-9(13-8)6-16(2)11-14-15-12(20-11)19-7-10(17)18/h3-5H,6-7H2,1-2H3,(H,17,18). The minimum atomic E-state index is -0.857. The number of rotatable bonds is 6. The molecule has 0 aromatic carbocycles. The lowest BCUT2D eigenvalue weighted by molar-refractivity contribution is -0.133. The molecule has 0 aliphatic rings. The van der Waals surface area contributed by atoms with Crippen LogP contribution in [-0.2, 0) is 11.3 Å². The Kier molecular flexibility index (Phi) is 4.91. The van der Waals surface area contributed by atoms with Crippen LogP contribution in [0.5, 0.6) is 0 Å². The van der Waals surface area contributed by atoms with Crippen LogP contribution in [0.2, 0.25) is 0 Å². The molecule has 0 unspecified atom stereocenters. The largest absolute Gasteiger partial charge is 0.481 e. The van der Waals surface area contributed by atoms with Crippen LogP contribution in [0.3, 0.4) is 0 Å². The van der Waals surface area contributed by atoms with Gasteiger partial charge in [0.15, 0.2) is 4.34 Å². The number of aromatic nitrogens is 3. The number of carboxylic acid groups (broad SMARTS) is 1. The van der Waals surface area contributed by atoms with E-state index in [4.69, 9.17) is 5.11 Å². The van der Waals surface area contributed by atoms with E-state index in [9.17, 15) is 4.79 Å². The molecule has 0 fully saturated rings. The van der Waals surface area contributed by atoms with Gasteiger partial charge in [0.2, 0.25) is 5.13 Å². The normalized spacial score (nSPS) is 10.5. The van der Waals surface area contributed by atoms with Gasteiger partial charge in [-0.05, 0) is 19.1 Å². The van der Waals surface area contributed by atoms with E-state index >= 15 is 0 Å². The Morgan fingerprint density at radius 3 is 2.95 bits per heavy atom. The molecular formula is C12H14N4O2S2. The predicted molar refractivity (Wildman–Crippen MR) is 79.3 cm³/mol. The minimum absolute atomic E-state index is 0.00220. The van der Waals surface area contributed by atoms with Gasteiger partial charge >= 0.3 is 5.97 Å². The lowest BCUT2D eigenvalue weighted by Gasteiger charge is -2.14. The number of carboxylic acids is 1. The predicted octanol–water partition coefficient (Wildman–Crippen LogP) is 2.05. The number of aryl methyl sites for hydroxylation is 1. The van der Waals surface area contributed by atoms with Gasteiger partial charge in [-0.25, -0.2) is 0 Å². The molecule has 0 bridgehead atoms. The lowest BCUT2D eigenvalue weighted by atomic mass is 10.3. The molecular weight excluding hydrogens is 296 g/mol. The first-order chi connectivity index (χ1) is 9.54. The molecule has 8 heteroatoms. The molecule has 0 aliphatic heterocycles. The molecule has 0 atom stereocenters. The Morgan fingerprint density at radius 2 is 2.25 bits per heavy atom. The number of thioether (sulfide) groups is 1. The fraction of sp³-hybridized carbons (Fsp3) is 0.333. The van der Waals surface area contributed by atoms with Crippen molar-refractivity contribution in [2.45, 2.75) is 17.8 Å². The number of anilines is 1. The smallest absolute Gasteiger partial charge is 0.313 e. The van der Waals surface area contributed by atoms with Crippen molar-refractivity contribution in [2.75, 3.05) is 17.7 Å². The monoisotopic (exact) mass is 310 g/mol. The van der Waals surface area contributed by atoms with Crippen molar-refractivity contribution in [3.05, 3.63) is 29.6 Å². The summed E-state index contributed by atoms with van der Waals surface area (Å²) in [5, 5.41) is 17.4. The first kappa shape index (κ1) is 14.7. The second-order valence-electron chi connectivity index (χ2n) is 4.16. The molecule has 2 aromatic heterocycles. The van der Waals surface area contributed by atoms with Crippen molar-refractivity contribution in [1.82, 2.24) is 15.2 Å². The van der Waals surface area contributed by atoms with E-state index in [2.05, 4.69) is 15.2 Å². The summed E-state index contributed by atoms with van der Waals surface area (Å²) >= 11 is 2.56. The number of hydrogen-bond donors (Lipinski definition) is 1. The fourth-order valence-corrected chi connectivity index (χ4v) is 3.06. The van der Waals surface area contributed by atoms with Crippen molar-refractivity contribution in [3.8, 4) is 0 Å². The molecule has 0 saturated heterocycles. The van der Waals surface area contributed by atoms with Gasteiger partial charge in [-0.15, -0.1) is 10.2 Å². The Morgan fingerprint density at radius 1 is 1.45 bits per heavy atom. The minimum Gasteiger partial charge on any atom is -0.481 e. The SMILES string of the molecule is Cc1cccc(CN(C)c2nnc(SCC(=O)O)s2)n1. The van der Waals surface area contributed by atoms with Crippen LogP contribution >= 0.6 is 23.1 Å². The number of pyridine rings is 1. The van der Waals surface area contributed by atoms with E-state index in [1.54, 1.807) is 0 Å². The maximum absolute atomic E-state index is 10.5. The summed E-state index contributed by atoms with van der Waals surface area (Å²) in [5.41, 5.74) is 1.94. The summed E-state index contributed by atoms with van der Waals surface area (Å²) < 4.78 is 0.659. The van der Waals surface area contributed by atoms with Crippen LogP contribution in [-0.4, -0.2) is 39.1 Å². The molecule has 6 nitrogen and oxygen atoms in total. The quantitative estimate of drug-likeness (QED) is 0.818. The molecule has 20 heavy (non-hydrogen) atoms. The van der Waals surface area contributed by atoms with Gasteiger partial charge in [0.1, 0.15) is 0 Å². The average Bonchev–Trinajstić information content (AvgIpc) is 2.85. The zero-order valence-electron chi connectivity index (χ0n) is 11.1. The van der Waals surface area contributed by atoms with Gasteiger partial charge in [0.05, 0.1) is 18.0 Å². The van der Waals surface area contributed by atoms with Gasteiger partial charge in [-0.3, -0.25) is 9.78 Å². The third kappa shape index (κ3) is 4.17. The topological polar surface area (TPSA) is 79.2 Å². The molecule has 106 valence electrons. The van der Waals surface area contributed by atoms with E-state index < -0.39 is 5.97 Å². The van der Waals surface area contributed by atoms with E-state index in [1.807, 2.05) is 37.1 Å². The molecule has 2 rings (SSSR count). The van der Waals surface area contributed by atoms with Crippen LogP contribution in [0.25, 0.3) is 0 Å². The Balaban J connectivity index is 1.98. The highest BCUT2D eigenvalue weighted by atomic mass is 32.2. The number of aliphatic carboxylic acids is 1. The summed E-state index contributed by atoms with van der Waals surface area (Å²) in [6, 6.07) is 5.89. The highest BCUT2D eigenvalue weighted by Crippen LogP contribution is 2.27. The van der Waals surface area contributed by atoms with Gasteiger partial charge in [-0.2, -0.15) is 0 Å². The highest BCUT2D eigenvalue weighted by molar-refractivity contribution is 8.01. The van der Waals surface area contributed by atoms with E-state index in [0.29, 0.717) is 10.9 Å². The van der Waals surface area contributed by atoms with Gasteiger partial charge < -0.3 is 10.0 Å². The highest BCUT2D eigenvalue weighted by Gasteiger charge is 2.11. The molecule has 0 amide bonds. The Hall–Kier alpha value is -1.67. The first-order valence-corrected chi connectivity index (χ1v) is 7.66. The average molecular weight is 310 g/mol. The summed E-state index contributed by atoms with van der Waals surface area (Å²) in [4.78, 5) is 16.9. The van der Waals surface area contributed by atoms with Gasteiger partial charge in [0.25, 0.3) is 0 Å². The molecule has 0 aliphatic carbocycles. The molecule has 1 N–H and O–H groups in total. The maximum Gasteiger partial charge on any atom is 0.313 e. The molecule has 0 spiro atoms. The fourth-order valence-electron chi connectivity index (χ4n) is 1.54. The zero-order chi connectivity index (χ0) is 14.5. The van der Waals surface area contributed by atoms with E-state index in [1.165, 1.54) is 23.1 Å². The summed E-state index contributed by atoms with van der Waals surface area (Å²) in [7, 11) is 1.91. The van der Waals surface area contributed by atoms with Gasteiger partial charge in [-0.1, -0.05) is 29.2 Å². The zero-order valence-corrected chi connectivity index (χ0v) is 12.7. The van der Waals surface area contributed by atoms with E-state index in [-0.39, 0.29) is 5.75 Å². The second kappa shape index (κ2) is 6.67. The number of hydrogen-bond acceptors (Lipinski definition) is 7. The molecule has 2 heterocycles.